The summed E-state index contributed by atoms with van der Waals surface area (Å²) in [4.78, 5) is 11.8. The second-order valence-corrected chi connectivity index (χ2v) is 8.03. The first-order valence-corrected chi connectivity index (χ1v) is 8.71. The van der Waals surface area contributed by atoms with Gasteiger partial charge in [0.15, 0.2) is 0 Å². The molecular formula is C15H30N2O2S. The second-order valence-electron chi connectivity index (χ2n) is 6.88. The van der Waals surface area contributed by atoms with E-state index in [2.05, 4.69) is 24.5 Å². The molecule has 2 N–H and O–H groups in total. The lowest BCUT2D eigenvalue weighted by atomic mass is 10.0. The van der Waals surface area contributed by atoms with E-state index in [0.29, 0.717) is 5.92 Å². The molecule has 118 valence electrons. The van der Waals surface area contributed by atoms with Crippen LogP contribution in [0.3, 0.4) is 0 Å². The quantitative estimate of drug-likeness (QED) is 0.792. The van der Waals surface area contributed by atoms with Gasteiger partial charge in [-0.1, -0.05) is 13.8 Å². The largest absolute Gasteiger partial charge is 0.444 e. The van der Waals surface area contributed by atoms with Gasteiger partial charge in [0.25, 0.3) is 0 Å². The molecule has 20 heavy (non-hydrogen) atoms. The predicted octanol–water partition coefficient (Wildman–Crippen LogP) is 2.88. The number of hydrogen-bond acceptors (Lipinski definition) is 4. The number of thioether (sulfide) groups is 1. The van der Waals surface area contributed by atoms with Crippen molar-refractivity contribution >= 4 is 17.9 Å². The summed E-state index contributed by atoms with van der Waals surface area (Å²) in [6.07, 6.45) is 0.984. The summed E-state index contributed by atoms with van der Waals surface area (Å²) >= 11 is 2.03. The number of carbonyl (C=O) groups is 1. The van der Waals surface area contributed by atoms with E-state index in [0.717, 1.165) is 19.0 Å². The van der Waals surface area contributed by atoms with E-state index in [9.17, 15) is 4.79 Å². The number of hydrogen-bond donors (Lipinski definition) is 2. The molecule has 5 heteroatoms. The van der Waals surface area contributed by atoms with Gasteiger partial charge in [0.05, 0.1) is 0 Å². The molecule has 1 aliphatic heterocycles. The number of amides is 1. The Morgan fingerprint density at radius 3 is 2.60 bits per heavy atom. The van der Waals surface area contributed by atoms with E-state index in [4.69, 9.17) is 4.74 Å². The average Bonchev–Trinajstić information content (AvgIpc) is 2.77. The molecule has 0 aromatic heterocycles. The molecule has 4 nitrogen and oxygen atoms in total. The minimum Gasteiger partial charge on any atom is -0.444 e. The predicted molar refractivity (Wildman–Crippen MR) is 86.3 cm³/mol. The fourth-order valence-electron chi connectivity index (χ4n) is 2.10. The first-order valence-electron chi connectivity index (χ1n) is 7.56. The van der Waals surface area contributed by atoms with Crippen molar-refractivity contribution in [1.82, 2.24) is 10.6 Å². The van der Waals surface area contributed by atoms with Gasteiger partial charge in [0.2, 0.25) is 0 Å². The summed E-state index contributed by atoms with van der Waals surface area (Å²) < 4.78 is 5.32. The zero-order chi connectivity index (χ0) is 15.2. The van der Waals surface area contributed by atoms with Gasteiger partial charge in [-0.15, -0.1) is 0 Å². The highest BCUT2D eigenvalue weighted by molar-refractivity contribution is 7.99. The van der Waals surface area contributed by atoms with Gasteiger partial charge in [-0.25, -0.2) is 4.79 Å². The zero-order valence-electron chi connectivity index (χ0n) is 13.5. The number of rotatable bonds is 6. The molecule has 0 aliphatic carbocycles. The van der Waals surface area contributed by atoms with Crippen LogP contribution in [0.1, 0.15) is 41.0 Å². The Hall–Kier alpha value is -0.420. The molecule has 0 aromatic carbocycles. The molecule has 1 rings (SSSR count). The number of carbonyl (C=O) groups excluding carboxylic acids is 1. The third-order valence-electron chi connectivity index (χ3n) is 3.33. The number of ether oxygens (including phenoxy) is 1. The first kappa shape index (κ1) is 17.6. The third-order valence-corrected chi connectivity index (χ3v) is 4.56. The Balaban J connectivity index is 2.30. The van der Waals surface area contributed by atoms with Crippen LogP contribution in [-0.4, -0.2) is 42.3 Å². The third kappa shape index (κ3) is 7.39. The summed E-state index contributed by atoms with van der Waals surface area (Å²) in [5, 5.41) is 6.46. The normalized spacial score (nSPS) is 21.0. The molecule has 2 atom stereocenters. The average molecular weight is 302 g/mol. The highest BCUT2D eigenvalue weighted by atomic mass is 32.2. The number of nitrogens with one attached hydrogen (secondary N) is 2. The van der Waals surface area contributed by atoms with Crippen LogP contribution in [-0.2, 0) is 4.74 Å². The molecular weight excluding hydrogens is 272 g/mol. The van der Waals surface area contributed by atoms with E-state index in [-0.39, 0.29) is 12.1 Å². The van der Waals surface area contributed by atoms with E-state index < -0.39 is 5.60 Å². The zero-order valence-corrected chi connectivity index (χ0v) is 14.3. The van der Waals surface area contributed by atoms with Crippen LogP contribution in [0.2, 0.25) is 0 Å². The van der Waals surface area contributed by atoms with Gasteiger partial charge in [-0.05, 0) is 57.1 Å². The minimum absolute atomic E-state index is 0.110. The Labute approximate surface area is 127 Å². The van der Waals surface area contributed by atoms with Gasteiger partial charge >= 0.3 is 6.09 Å². The monoisotopic (exact) mass is 302 g/mol. The first-order chi connectivity index (χ1) is 9.28. The van der Waals surface area contributed by atoms with E-state index in [1.807, 2.05) is 32.5 Å². The van der Waals surface area contributed by atoms with Gasteiger partial charge in [0.1, 0.15) is 5.60 Å². The van der Waals surface area contributed by atoms with Crippen molar-refractivity contribution in [2.45, 2.75) is 52.7 Å². The summed E-state index contributed by atoms with van der Waals surface area (Å²) in [6, 6.07) is 0.110. The van der Waals surface area contributed by atoms with Crippen LogP contribution in [0.4, 0.5) is 4.79 Å². The van der Waals surface area contributed by atoms with Crippen LogP contribution >= 0.6 is 11.8 Å². The standard InChI is InChI=1S/C15H30N2O2S/c1-11(2)13(17-14(18)19-15(3,4)5)9-16-8-12-6-7-20-10-12/h11-13,16H,6-10H2,1-5H3,(H,17,18). The van der Waals surface area contributed by atoms with Crippen molar-refractivity contribution in [2.75, 3.05) is 24.6 Å². The SMILES string of the molecule is CC(C)C(CNCC1CCSC1)NC(=O)OC(C)(C)C. The van der Waals surface area contributed by atoms with Crippen molar-refractivity contribution in [3.05, 3.63) is 0 Å². The van der Waals surface area contributed by atoms with E-state index in [1.165, 1.54) is 17.9 Å². The molecule has 0 spiro atoms. The molecule has 2 unspecified atom stereocenters. The van der Waals surface area contributed by atoms with Crippen LogP contribution < -0.4 is 10.6 Å². The highest BCUT2D eigenvalue weighted by Crippen LogP contribution is 2.22. The van der Waals surface area contributed by atoms with Crippen LogP contribution in [0.15, 0.2) is 0 Å². The van der Waals surface area contributed by atoms with Crippen molar-refractivity contribution in [2.24, 2.45) is 11.8 Å². The molecule has 0 aromatic rings. The van der Waals surface area contributed by atoms with Gasteiger partial charge in [0, 0.05) is 12.6 Å². The van der Waals surface area contributed by atoms with Crippen LogP contribution in [0, 0.1) is 11.8 Å². The molecule has 1 amide bonds. The Morgan fingerprint density at radius 2 is 2.10 bits per heavy atom. The Morgan fingerprint density at radius 1 is 1.40 bits per heavy atom. The summed E-state index contributed by atoms with van der Waals surface area (Å²) in [7, 11) is 0. The Kier molecular flexibility index (Phi) is 7.17. The fourth-order valence-corrected chi connectivity index (χ4v) is 3.38. The lowest BCUT2D eigenvalue weighted by Gasteiger charge is -2.26. The van der Waals surface area contributed by atoms with Crippen LogP contribution in [0.5, 0.6) is 0 Å². The molecule has 1 saturated heterocycles. The highest BCUT2D eigenvalue weighted by Gasteiger charge is 2.22. The van der Waals surface area contributed by atoms with Crippen molar-refractivity contribution in [3.8, 4) is 0 Å². The van der Waals surface area contributed by atoms with Gasteiger partial charge in [-0.2, -0.15) is 11.8 Å². The van der Waals surface area contributed by atoms with Crippen molar-refractivity contribution in [3.63, 3.8) is 0 Å². The maximum atomic E-state index is 11.8. The maximum Gasteiger partial charge on any atom is 0.407 e. The molecule has 0 bridgehead atoms. The summed E-state index contributed by atoms with van der Waals surface area (Å²) in [5.74, 6) is 3.72. The fraction of sp³-hybridized carbons (Fsp3) is 0.933. The second kappa shape index (κ2) is 8.13. The molecule has 1 aliphatic rings. The smallest absolute Gasteiger partial charge is 0.407 e. The molecule has 0 radical (unpaired) electrons. The minimum atomic E-state index is -0.444. The summed E-state index contributed by atoms with van der Waals surface area (Å²) in [6.45, 7) is 11.7. The van der Waals surface area contributed by atoms with Gasteiger partial charge < -0.3 is 15.4 Å². The Bertz CT molecular complexity index is 297. The number of alkyl carbamates (subject to hydrolysis) is 1. The lowest BCUT2D eigenvalue weighted by Crippen LogP contribution is -2.47. The van der Waals surface area contributed by atoms with Gasteiger partial charge in [-0.3, -0.25) is 0 Å². The lowest BCUT2D eigenvalue weighted by molar-refractivity contribution is 0.0490. The molecule has 0 saturated carbocycles. The van der Waals surface area contributed by atoms with Crippen molar-refractivity contribution in [1.29, 1.82) is 0 Å². The topological polar surface area (TPSA) is 50.4 Å². The molecule has 1 fully saturated rings. The summed E-state index contributed by atoms with van der Waals surface area (Å²) in [5.41, 5.74) is -0.444. The van der Waals surface area contributed by atoms with E-state index >= 15 is 0 Å². The van der Waals surface area contributed by atoms with Crippen molar-refractivity contribution < 1.29 is 9.53 Å². The van der Waals surface area contributed by atoms with E-state index in [1.54, 1.807) is 0 Å². The van der Waals surface area contributed by atoms with Crippen LogP contribution in [0.25, 0.3) is 0 Å². The maximum absolute atomic E-state index is 11.8. The molecule has 1 heterocycles.